The van der Waals surface area contributed by atoms with Gasteiger partial charge in [0.25, 0.3) is 5.91 Å². The van der Waals surface area contributed by atoms with Gasteiger partial charge in [-0.2, -0.15) is 0 Å². The maximum absolute atomic E-state index is 12.1. The molecule has 1 aliphatic heterocycles. The Morgan fingerprint density at radius 1 is 1.50 bits per heavy atom. The number of nitrogens with zero attached hydrogens (tertiary/aromatic N) is 1. The van der Waals surface area contributed by atoms with Crippen molar-refractivity contribution in [1.82, 2.24) is 10.2 Å². The molecule has 110 valence electrons. The molecular weight excluding hydrogens is 256 g/mol. The monoisotopic (exact) mass is 278 g/mol. The van der Waals surface area contributed by atoms with E-state index < -0.39 is 0 Å². The van der Waals surface area contributed by atoms with E-state index >= 15 is 0 Å². The molecule has 0 aliphatic carbocycles. The van der Waals surface area contributed by atoms with Crippen LogP contribution < -0.4 is 5.32 Å². The van der Waals surface area contributed by atoms with Gasteiger partial charge in [0.05, 0.1) is 19.3 Å². The number of hydrogen-bond acceptors (Lipinski definition) is 4. The summed E-state index contributed by atoms with van der Waals surface area (Å²) in [6.07, 6.45) is -0.0109. The van der Waals surface area contributed by atoms with Crippen LogP contribution in [0.15, 0.2) is 24.3 Å². The maximum atomic E-state index is 12.1. The first kappa shape index (κ1) is 15.0. The Morgan fingerprint density at radius 3 is 3.05 bits per heavy atom. The lowest BCUT2D eigenvalue weighted by Crippen LogP contribution is -2.48. The van der Waals surface area contributed by atoms with Crippen molar-refractivity contribution in [2.24, 2.45) is 0 Å². The van der Waals surface area contributed by atoms with E-state index in [1.54, 1.807) is 0 Å². The molecule has 1 fully saturated rings. The van der Waals surface area contributed by atoms with Crippen LogP contribution in [-0.4, -0.2) is 61.4 Å². The Bertz CT molecular complexity index is 448. The zero-order valence-corrected chi connectivity index (χ0v) is 11.8. The molecule has 2 rings (SSSR count). The number of β-amino-alcohol motifs (C(OH)–C–C–N with tert-alkyl or cyclic N) is 1. The molecule has 1 heterocycles. The van der Waals surface area contributed by atoms with Gasteiger partial charge >= 0.3 is 0 Å². The van der Waals surface area contributed by atoms with Crippen LogP contribution in [0.2, 0.25) is 0 Å². The second-order valence-corrected chi connectivity index (χ2v) is 5.04. The number of nitrogens with one attached hydrogen (secondary N) is 1. The molecule has 0 spiro atoms. The molecule has 0 aromatic heterocycles. The third-order valence-electron chi connectivity index (χ3n) is 3.52. The van der Waals surface area contributed by atoms with Crippen LogP contribution in [-0.2, 0) is 4.74 Å². The summed E-state index contributed by atoms with van der Waals surface area (Å²) in [4.78, 5) is 14.2. The van der Waals surface area contributed by atoms with Crippen LogP contribution in [0.4, 0.5) is 0 Å². The highest BCUT2D eigenvalue weighted by molar-refractivity contribution is 5.95. The van der Waals surface area contributed by atoms with Crippen molar-refractivity contribution in [2.75, 3.05) is 39.4 Å². The topological polar surface area (TPSA) is 61.8 Å². The number of aryl methyl sites for hydroxylation is 1. The van der Waals surface area contributed by atoms with E-state index in [4.69, 9.17) is 9.84 Å². The lowest BCUT2D eigenvalue weighted by Gasteiger charge is -2.32. The summed E-state index contributed by atoms with van der Waals surface area (Å²) in [7, 11) is 0. The van der Waals surface area contributed by atoms with Crippen LogP contribution in [0.5, 0.6) is 0 Å². The van der Waals surface area contributed by atoms with Gasteiger partial charge in [0, 0.05) is 31.7 Å². The van der Waals surface area contributed by atoms with E-state index in [2.05, 4.69) is 10.2 Å². The van der Waals surface area contributed by atoms with Crippen molar-refractivity contribution in [1.29, 1.82) is 0 Å². The molecule has 0 radical (unpaired) electrons. The maximum Gasteiger partial charge on any atom is 0.251 e. The first-order chi connectivity index (χ1) is 9.70. The second-order valence-electron chi connectivity index (χ2n) is 5.04. The van der Waals surface area contributed by atoms with E-state index in [9.17, 15) is 4.79 Å². The van der Waals surface area contributed by atoms with E-state index in [-0.39, 0.29) is 18.6 Å². The Kier molecular flexibility index (Phi) is 5.52. The van der Waals surface area contributed by atoms with Crippen molar-refractivity contribution < 1.29 is 14.6 Å². The molecule has 1 amide bonds. The van der Waals surface area contributed by atoms with Gasteiger partial charge in [-0.05, 0) is 18.6 Å². The number of carbonyl (C=O) groups is 1. The van der Waals surface area contributed by atoms with Crippen LogP contribution in [0.1, 0.15) is 15.9 Å². The van der Waals surface area contributed by atoms with Crippen molar-refractivity contribution in [2.45, 2.75) is 13.0 Å². The zero-order chi connectivity index (χ0) is 14.4. The molecule has 1 aromatic rings. The smallest absolute Gasteiger partial charge is 0.251 e. The highest BCUT2D eigenvalue weighted by atomic mass is 16.5. The summed E-state index contributed by atoms with van der Waals surface area (Å²) in [6, 6.07) is 7.53. The van der Waals surface area contributed by atoms with Gasteiger partial charge in [0.1, 0.15) is 0 Å². The fourth-order valence-corrected chi connectivity index (χ4v) is 2.38. The Hall–Kier alpha value is -1.43. The van der Waals surface area contributed by atoms with Gasteiger partial charge in [-0.3, -0.25) is 9.69 Å². The number of amides is 1. The number of rotatable bonds is 5. The average molecular weight is 278 g/mol. The van der Waals surface area contributed by atoms with E-state index in [0.29, 0.717) is 25.3 Å². The van der Waals surface area contributed by atoms with Crippen molar-refractivity contribution in [3.05, 3.63) is 35.4 Å². The van der Waals surface area contributed by atoms with Crippen LogP contribution in [0.25, 0.3) is 0 Å². The molecule has 2 N–H and O–H groups in total. The zero-order valence-electron chi connectivity index (χ0n) is 11.8. The van der Waals surface area contributed by atoms with Gasteiger partial charge in [-0.15, -0.1) is 0 Å². The van der Waals surface area contributed by atoms with Gasteiger partial charge < -0.3 is 15.2 Å². The minimum Gasteiger partial charge on any atom is -0.395 e. The summed E-state index contributed by atoms with van der Waals surface area (Å²) >= 11 is 0. The second kappa shape index (κ2) is 7.38. The third kappa shape index (κ3) is 4.03. The minimum atomic E-state index is -0.0639. The quantitative estimate of drug-likeness (QED) is 0.819. The molecule has 20 heavy (non-hydrogen) atoms. The van der Waals surface area contributed by atoms with Crippen molar-refractivity contribution in [3.63, 3.8) is 0 Å². The number of benzene rings is 1. The molecule has 1 atom stereocenters. The fourth-order valence-electron chi connectivity index (χ4n) is 2.38. The van der Waals surface area contributed by atoms with E-state index in [1.807, 2.05) is 31.2 Å². The summed E-state index contributed by atoms with van der Waals surface area (Å²) < 4.78 is 5.63. The fraction of sp³-hybridized carbons (Fsp3) is 0.533. The molecule has 1 aromatic carbocycles. The molecular formula is C15H22N2O3. The van der Waals surface area contributed by atoms with Gasteiger partial charge in [-0.1, -0.05) is 18.2 Å². The van der Waals surface area contributed by atoms with E-state index in [1.165, 1.54) is 0 Å². The predicted octanol–water partition coefficient (Wildman–Crippen LogP) is 0.418. The predicted molar refractivity (Wildman–Crippen MR) is 76.8 cm³/mol. The highest BCUT2D eigenvalue weighted by Gasteiger charge is 2.20. The average Bonchev–Trinajstić information content (AvgIpc) is 2.46. The molecule has 5 nitrogen and oxygen atoms in total. The third-order valence-corrected chi connectivity index (χ3v) is 3.52. The van der Waals surface area contributed by atoms with Gasteiger partial charge in [-0.25, -0.2) is 0 Å². The van der Waals surface area contributed by atoms with Gasteiger partial charge in [0.15, 0.2) is 0 Å². The van der Waals surface area contributed by atoms with Crippen LogP contribution >= 0.6 is 0 Å². The number of morpholine rings is 1. The molecule has 0 saturated carbocycles. The first-order valence-corrected chi connectivity index (χ1v) is 6.99. The SMILES string of the molecule is Cc1ccccc1C(=O)NCC1CN(CCO)CCO1. The largest absolute Gasteiger partial charge is 0.395 e. The van der Waals surface area contributed by atoms with Crippen molar-refractivity contribution >= 4 is 5.91 Å². The number of hydrogen-bond donors (Lipinski definition) is 2. The Morgan fingerprint density at radius 2 is 2.30 bits per heavy atom. The van der Waals surface area contributed by atoms with Crippen molar-refractivity contribution in [3.8, 4) is 0 Å². The standard InChI is InChI=1S/C15H22N2O3/c1-12-4-2-3-5-14(12)15(19)16-10-13-11-17(6-8-18)7-9-20-13/h2-5,13,18H,6-11H2,1H3,(H,16,19). The minimum absolute atomic E-state index is 0.0109. The summed E-state index contributed by atoms with van der Waals surface area (Å²) in [5.74, 6) is -0.0639. The lowest BCUT2D eigenvalue weighted by atomic mass is 10.1. The molecule has 5 heteroatoms. The number of aliphatic hydroxyl groups is 1. The summed E-state index contributed by atoms with van der Waals surface area (Å²) in [6.45, 7) is 5.46. The first-order valence-electron chi connectivity index (χ1n) is 6.99. The Labute approximate surface area is 119 Å². The van der Waals surface area contributed by atoms with Gasteiger partial charge in [0.2, 0.25) is 0 Å². The molecule has 1 aliphatic rings. The van der Waals surface area contributed by atoms with Crippen LogP contribution in [0, 0.1) is 6.92 Å². The summed E-state index contributed by atoms with van der Waals surface area (Å²) in [5.41, 5.74) is 1.67. The Balaban J connectivity index is 1.83. The molecule has 1 unspecified atom stereocenters. The summed E-state index contributed by atoms with van der Waals surface area (Å²) in [5, 5.41) is 11.9. The normalized spacial score (nSPS) is 19.8. The number of ether oxygens (including phenoxy) is 1. The number of aliphatic hydroxyl groups excluding tert-OH is 1. The molecule has 0 bridgehead atoms. The van der Waals surface area contributed by atoms with Crippen LogP contribution in [0.3, 0.4) is 0 Å². The highest BCUT2D eigenvalue weighted by Crippen LogP contribution is 2.08. The van der Waals surface area contributed by atoms with E-state index in [0.717, 1.165) is 18.7 Å². The lowest BCUT2D eigenvalue weighted by molar-refractivity contribution is -0.0302. The molecule has 1 saturated heterocycles. The number of carbonyl (C=O) groups excluding carboxylic acids is 1.